The third kappa shape index (κ3) is 5.78. The molecule has 0 spiro atoms. The number of hydrogen-bond acceptors (Lipinski definition) is 3. The summed E-state index contributed by atoms with van der Waals surface area (Å²) >= 11 is 0. The predicted octanol–water partition coefficient (Wildman–Crippen LogP) is 13.3. The molecule has 252 valence electrons. The molecular formula is C51H33N3. The van der Waals surface area contributed by atoms with Gasteiger partial charge in [-0.3, -0.25) is 0 Å². The molecule has 0 amide bonds. The Bertz CT molecular complexity index is 2980. The van der Waals surface area contributed by atoms with E-state index in [4.69, 9.17) is 15.0 Å². The third-order valence-electron chi connectivity index (χ3n) is 10.3. The van der Waals surface area contributed by atoms with Crippen LogP contribution in [0.3, 0.4) is 0 Å². The van der Waals surface area contributed by atoms with Gasteiger partial charge in [0.05, 0.1) is 0 Å². The fraction of sp³-hybridized carbons (Fsp3) is 0. The smallest absolute Gasteiger partial charge is 0.164 e. The zero-order valence-electron chi connectivity index (χ0n) is 29.4. The van der Waals surface area contributed by atoms with Crippen molar-refractivity contribution in [2.75, 3.05) is 0 Å². The summed E-state index contributed by atoms with van der Waals surface area (Å²) in [7, 11) is 0. The summed E-state index contributed by atoms with van der Waals surface area (Å²) in [5, 5.41) is 7.15. The number of rotatable bonds is 6. The molecule has 1 aromatic heterocycles. The number of fused-ring (bicyclic) bond motifs is 3. The SMILES string of the molecule is c1ccc(-c2ccccc2-c2nc(-c3ccc(-c4cccc5ccccc45)cc3)nc(-c3cccc4cc(-c5ccc6ccccc6c5)ccc34)n2)cc1. The standard InChI is InChI=1S/C51H33N3/c1-2-13-35(14-3-1)45-20-8-9-21-47(45)50-52-49(38-27-25-37(26-28-38)44-22-10-17-36-15-6-7-19-43(36)44)53-51(54-50)48-23-11-18-42-33-41(30-31-46(42)48)40-29-24-34-12-4-5-16-39(34)32-40/h1-33H. The lowest BCUT2D eigenvalue weighted by Gasteiger charge is -2.14. The first-order valence-electron chi connectivity index (χ1n) is 18.3. The molecular weight excluding hydrogens is 655 g/mol. The summed E-state index contributed by atoms with van der Waals surface area (Å²) < 4.78 is 0. The van der Waals surface area contributed by atoms with Crippen molar-refractivity contribution in [2.45, 2.75) is 0 Å². The van der Waals surface area contributed by atoms with Crippen LogP contribution in [0.2, 0.25) is 0 Å². The molecule has 0 atom stereocenters. The normalized spacial score (nSPS) is 11.3. The lowest BCUT2D eigenvalue weighted by atomic mass is 9.96. The lowest BCUT2D eigenvalue weighted by Crippen LogP contribution is -2.01. The molecule has 0 N–H and O–H groups in total. The van der Waals surface area contributed by atoms with Crippen molar-refractivity contribution in [3.63, 3.8) is 0 Å². The van der Waals surface area contributed by atoms with E-state index in [1.807, 2.05) is 6.07 Å². The third-order valence-corrected chi connectivity index (χ3v) is 10.3. The molecule has 0 radical (unpaired) electrons. The van der Waals surface area contributed by atoms with Crippen molar-refractivity contribution in [1.29, 1.82) is 0 Å². The van der Waals surface area contributed by atoms with E-state index in [-0.39, 0.29) is 0 Å². The molecule has 0 fully saturated rings. The van der Waals surface area contributed by atoms with E-state index >= 15 is 0 Å². The van der Waals surface area contributed by atoms with Crippen LogP contribution in [0.25, 0.3) is 99.9 Å². The number of hydrogen-bond donors (Lipinski definition) is 0. The van der Waals surface area contributed by atoms with Crippen LogP contribution >= 0.6 is 0 Å². The Balaban J connectivity index is 1.12. The second kappa shape index (κ2) is 13.4. The van der Waals surface area contributed by atoms with Crippen LogP contribution < -0.4 is 0 Å². The van der Waals surface area contributed by atoms with E-state index in [1.165, 1.54) is 38.2 Å². The van der Waals surface area contributed by atoms with Gasteiger partial charge in [0.15, 0.2) is 17.5 Å². The van der Waals surface area contributed by atoms with Crippen molar-refractivity contribution in [1.82, 2.24) is 15.0 Å². The minimum atomic E-state index is 0.632. The van der Waals surface area contributed by atoms with Gasteiger partial charge in [-0.1, -0.05) is 188 Å². The average molecular weight is 688 g/mol. The fourth-order valence-electron chi connectivity index (χ4n) is 7.60. The van der Waals surface area contributed by atoms with Crippen LogP contribution in [0.5, 0.6) is 0 Å². The summed E-state index contributed by atoms with van der Waals surface area (Å²) in [6.45, 7) is 0. The van der Waals surface area contributed by atoms with Crippen LogP contribution in [0, 0.1) is 0 Å². The molecule has 1 heterocycles. The Morgan fingerprint density at radius 1 is 0.222 bits per heavy atom. The molecule has 54 heavy (non-hydrogen) atoms. The quantitative estimate of drug-likeness (QED) is 0.175. The monoisotopic (exact) mass is 687 g/mol. The summed E-state index contributed by atoms with van der Waals surface area (Å²) in [5.74, 6) is 1.91. The van der Waals surface area contributed by atoms with Crippen LogP contribution in [0.1, 0.15) is 0 Å². The second-order valence-corrected chi connectivity index (χ2v) is 13.6. The lowest BCUT2D eigenvalue weighted by molar-refractivity contribution is 1.08. The van der Waals surface area contributed by atoms with Crippen LogP contribution in [-0.4, -0.2) is 15.0 Å². The topological polar surface area (TPSA) is 38.7 Å². The van der Waals surface area contributed by atoms with Gasteiger partial charge < -0.3 is 0 Å². The highest BCUT2D eigenvalue weighted by molar-refractivity contribution is 5.99. The van der Waals surface area contributed by atoms with Gasteiger partial charge in [0.25, 0.3) is 0 Å². The first kappa shape index (κ1) is 31.5. The van der Waals surface area contributed by atoms with Gasteiger partial charge in [0, 0.05) is 16.7 Å². The molecule has 0 saturated heterocycles. The Kier molecular flexibility index (Phi) is 7.81. The van der Waals surface area contributed by atoms with Crippen LogP contribution in [0.15, 0.2) is 200 Å². The van der Waals surface area contributed by atoms with E-state index in [0.29, 0.717) is 17.5 Å². The van der Waals surface area contributed by atoms with Crippen LogP contribution in [-0.2, 0) is 0 Å². The first-order chi connectivity index (χ1) is 26.7. The summed E-state index contributed by atoms with van der Waals surface area (Å²) in [6.07, 6.45) is 0. The van der Waals surface area contributed by atoms with Crippen molar-refractivity contribution in [2.24, 2.45) is 0 Å². The zero-order chi connectivity index (χ0) is 35.8. The van der Waals surface area contributed by atoms with E-state index in [0.717, 1.165) is 44.2 Å². The van der Waals surface area contributed by atoms with Crippen molar-refractivity contribution in [3.8, 4) is 67.5 Å². The molecule has 10 aromatic rings. The highest BCUT2D eigenvalue weighted by atomic mass is 15.0. The maximum Gasteiger partial charge on any atom is 0.164 e. The molecule has 0 aliphatic rings. The summed E-state index contributed by atoms with van der Waals surface area (Å²) in [5.41, 5.74) is 9.75. The maximum absolute atomic E-state index is 5.23. The van der Waals surface area contributed by atoms with Gasteiger partial charge in [-0.25, -0.2) is 15.0 Å². The minimum Gasteiger partial charge on any atom is -0.208 e. The largest absolute Gasteiger partial charge is 0.208 e. The van der Waals surface area contributed by atoms with E-state index < -0.39 is 0 Å². The van der Waals surface area contributed by atoms with Gasteiger partial charge in [-0.2, -0.15) is 0 Å². The van der Waals surface area contributed by atoms with Crippen molar-refractivity contribution < 1.29 is 0 Å². The molecule has 3 nitrogen and oxygen atoms in total. The van der Waals surface area contributed by atoms with Gasteiger partial charge in [0.2, 0.25) is 0 Å². The molecule has 0 unspecified atom stereocenters. The van der Waals surface area contributed by atoms with E-state index in [1.54, 1.807) is 0 Å². The Labute approximate surface area is 313 Å². The molecule has 0 aliphatic heterocycles. The number of benzene rings is 9. The van der Waals surface area contributed by atoms with Gasteiger partial charge in [-0.15, -0.1) is 0 Å². The van der Waals surface area contributed by atoms with E-state index in [2.05, 4.69) is 194 Å². The maximum atomic E-state index is 5.23. The van der Waals surface area contributed by atoms with Gasteiger partial charge in [-0.05, 0) is 77.8 Å². The highest BCUT2D eigenvalue weighted by Gasteiger charge is 2.17. The van der Waals surface area contributed by atoms with Crippen LogP contribution in [0.4, 0.5) is 0 Å². The van der Waals surface area contributed by atoms with Gasteiger partial charge in [0.1, 0.15) is 0 Å². The van der Waals surface area contributed by atoms with Gasteiger partial charge >= 0.3 is 0 Å². The Hall–Kier alpha value is -7.23. The number of aromatic nitrogens is 3. The van der Waals surface area contributed by atoms with Crippen molar-refractivity contribution >= 4 is 32.3 Å². The average Bonchev–Trinajstić information content (AvgIpc) is 3.26. The first-order valence-corrected chi connectivity index (χ1v) is 18.3. The highest BCUT2D eigenvalue weighted by Crippen LogP contribution is 2.36. The number of nitrogens with zero attached hydrogens (tertiary/aromatic N) is 3. The minimum absolute atomic E-state index is 0.632. The Morgan fingerprint density at radius 3 is 1.52 bits per heavy atom. The van der Waals surface area contributed by atoms with E-state index in [9.17, 15) is 0 Å². The zero-order valence-corrected chi connectivity index (χ0v) is 29.4. The molecule has 0 bridgehead atoms. The molecule has 3 heteroatoms. The molecule has 0 saturated carbocycles. The summed E-state index contributed by atoms with van der Waals surface area (Å²) in [4.78, 5) is 15.6. The molecule has 10 rings (SSSR count). The summed E-state index contributed by atoms with van der Waals surface area (Å²) in [6, 6.07) is 70.6. The molecule has 9 aromatic carbocycles. The second-order valence-electron chi connectivity index (χ2n) is 13.6. The molecule has 0 aliphatic carbocycles. The predicted molar refractivity (Wildman–Crippen MR) is 225 cm³/mol. The fourth-order valence-corrected chi connectivity index (χ4v) is 7.60. The van der Waals surface area contributed by atoms with Crippen molar-refractivity contribution in [3.05, 3.63) is 200 Å². The Morgan fingerprint density at radius 2 is 0.704 bits per heavy atom.